The van der Waals surface area contributed by atoms with E-state index in [-0.39, 0.29) is 23.9 Å². The molecule has 0 unspecified atom stereocenters. The highest BCUT2D eigenvalue weighted by Crippen LogP contribution is 2.36. The molecule has 0 N–H and O–H groups in total. The van der Waals surface area contributed by atoms with Crippen LogP contribution in [0.25, 0.3) is 16.6 Å². The summed E-state index contributed by atoms with van der Waals surface area (Å²) in [5.41, 5.74) is 3.29. The first-order valence-corrected chi connectivity index (χ1v) is 10.0. The van der Waals surface area contributed by atoms with E-state index in [4.69, 9.17) is 4.74 Å². The maximum absolute atomic E-state index is 13.7. The number of carbonyl (C=O) groups excluding carboxylic acids is 3. The molecule has 4 aromatic rings. The van der Waals surface area contributed by atoms with Gasteiger partial charge in [-0.3, -0.25) is 9.59 Å². The number of ketones is 2. The number of rotatable bonds is 6. The first-order valence-electron chi connectivity index (χ1n) is 10.0. The van der Waals surface area contributed by atoms with Crippen LogP contribution < -0.4 is 0 Å². The van der Waals surface area contributed by atoms with Crippen LogP contribution in [-0.4, -0.2) is 28.5 Å². The summed E-state index contributed by atoms with van der Waals surface area (Å²) < 4.78 is 6.98. The Morgan fingerprint density at radius 3 is 2.13 bits per heavy atom. The number of benzene rings is 2. The maximum Gasteiger partial charge on any atom is 0.355 e. The van der Waals surface area contributed by atoms with Crippen molar-refractivity contribution in [2.45, 2.75) is 13.8 Å². The van der Waals surface area contributed by atoms with Gasteiger partial charge in [-0.05, 0) is 31.5 Å². The average molecular weight is 411 g/mol. The van der Waals surface area contributed by atoms with E-state index in [1.165, 1.54) is 6.92 Å². The van der Waals surface area contributed by atoms with Crippen molar-refractivity contribution < 1.29 is 19.1 Å². The molecule has 2 aromatic carbocycles. The highest BCUT2D eigenvalue weighted by Gasteiger charge is 2.29. The quantitative estimate of drug-likeness (QED) is 0.322. The number of aromatic nitrogens is 1. The second-order valence-electron chi connectivity index (χ2n) is 7.11. The van der Waals surface area contributed by atoms with Gasteiger partial charge in [0, 0.05) is 22.9 Å². The van der Waals surface area contributed by atoms with Crippen LogP contribution in [0.15, 0.2) is 79.0 Å². The van der Waals surface area contributed by atoms with Crippen molar-refractivity contribution in [3.63, 3.8) is 0 Å². The number of hydrogen-bond acceptors (Lipinski definition) is 4. The summed E-state index contributed by atoms with van der Waals surface area (Å²) >= 11 is 0. The molecule has 0 saturated heterocycles. The largest absolute Gasteiger partial charge is 0.461 e. The monoisotopic (exact) mass is 411 g/mol. The third kappa shape index (κ3) is 3.66. The molecule has 0 radical (unpaired) electrons. The van der Waals surface area contributed by atoms with E-state index in [2.05, 4.69) is 0 Å². The van der Waals surface area contributed by atoms with Crippen LogP contribution in [-0.2, 0) is 4.74 Å². The van der Waals surface area contributed by atoms with E-state index in [9.17, 15) is 14.4 Å². The average Bonchev–Trinajstić information content (AvgIpc) is 3.14. The minimum absolute atomic E-state index is 0.124. The Balaban J connectivity index is 2.13. The normalized spacial score (nSPS) is 10.8. The van der Waals surface area contributed by atoms with Crippen LogP contribution in [0.5, 0.6) is 0 Å². The highest BCUT2D eigenvalue weighted by molar-refractivity contribution is 6.20. The Morgan fingerprint density at radius 2 is 1.52 bits per heavy atom. The van der Waals surface area contributed by atoms with E-state index >= 15 is 0 Å². The lowest BCUT2D eigenvalue weighted by atomic mass is 9.94. The number of pyridine rings is 1. The highest BCUT2D eigenvalue weighted by atomic mass is 16.5. The van der Waals surface area contributed by atoms with Crippen LogP contribution in [0.4, 0.5) is 0 Å². The van der Waals surface area contributed by atoms with Crippen LogP contribution >= 0.6 is 0 Å². The lowest BCUT2D eigenvalue weighted by Gasteiger charge is -2.08. The second kappa shape index (κ2) is 8.40. The molecule has 0 amide bonds. The van der Waals surface area contributed by atoms with E-state index in [0.717, 1.165) is 5.56 Å². The molecule has 0 atom stereocenters. The van der Waals surface area contributed by atoms with Crippen LogP contribution in [0.1, 0.15) is 50.6 Å². The van der Waals surface area contributed by atoms with Gasteiger partial charge in [0.1, 0.15) is 5.69 Å². The first-order chi connectivity index (χ1) is 15.0. The van der Waals surface area contributed by atoms with Crippen molar-refractivity contribution >= 4 is 23.1 Å². The number of carbonyl (C=O) groups is 3. The molecule has 0 bridgehead atoms. The SMILES string of the molecule is CCOC(=O)c1c(-c2ccccc2)c(C(=O)c2ccccc2)c2cc(C(C)=O)ccn12. The van der Waals surface area contributed by atoms with Gasteiger partial charge >= 0.3 is 5.97 Å². The first kappa shape index (κ1) is 20.3. The summed E-state index contributed by atoms with van der Waals surface area (Å²) in [7, 11) is 0. The Bertz CT molecular complexity index is 1290. The fourth-order valence-corrected chi connectivity index (χ4v) is 3.72. The molecule has 4 rings (SSSR count). The molecule has 5 nitrogen and oxygen atoms in total. The lowest BCUT2D eigenvalue weighted by Crippen LogP contribution is -2.10. The van der Waals surface area contributed by atoms with Gasteiger partial charge in [-0.2, -0.15) is 0 Å². The molecule has 0 aliphatic rings. The zero-order valence-electron chi connectivity index (χ0n) is 17.3. The summed E-state index contributed by atoms with van der Waals surface area (Å²) in [6, 6.07) is 21.5. The lowest BCUT2D eigenvalue weighted by molar-refractivity contribution is 0.0519. The smallest absolute Gasteiger partial charge is 0.355 e. The molecule has 0 saturated carbocycles. The molecule has 0 aliphatic carbocycles. The van der Waals surface area contributed by atoms with Gasteiger partial charge in [0.15, 0.2) is 11.6 Å². The number of hydrogen-bond donors (Lipinski definition) is 0. The fraction of sp³-hybridized carbons (Fsp3) is 0.115. The molecule has 31 heavy (non-hydrogen) atoms. The number of Topliss-reactive ketones (excluding diaryl/α,β-unsaturated/α-hetero) is 1. The molecule has 0 spiro atoms. The van der Waals surface area contributed by atoms with Gasteiger partial charge in [0.2, 0.25) is 0 Å². The van der Waals surface area contributed by atoms with E-state index in [0.29, 0.717) is 27.8 Å². The summed E-state index contributed by atoms with van der Waals surface area (Å²) in [5, 5.41) is 0. The van der Waals surface area contributed by atoms with Gasteiger partial charge < -0.3 is 9.14 Å². The number of esters is 1. The zero-order chi connectivity index (χ0) is 22.0. The Hall–Kier alpha value is -3.99. The van der Waals surface area contributed by atoms with Crippen molar-refractivity contribution in [2.75, 3.05) is 6.61 Å². The zero-order valence-corrected chi connectivity index (χ0v) is 17.3. The summed E-state index contributed by atoms with van der Waals surface area (Å²) in [6.45, 7) is 3.41. The van der Waals surface area contributed by atoms with E-state index in [1.54, 1.807) is 53.9 Å². The van der Waals surface area contributed by atoms with Crippen molar-refractivity contribution in [1.29, 1.82) is 0 Å². The Morgan fingerprint density at radius 1 is 0.871 bits per heavy atom. The van der Waals surface area contributed by atoms with E-state index < -0.39 is 5.97 Å². The second-order valence-corrected chi connectivity index (χ2v) is 7.11. The molecular formula is C26H21NO4. The van der Waals surface area contributed by atoms with Crippen LogP contribution in [0, 0.1) is 0 Å². The standard InChI is InChI=1S/C26H21NO4/c1-3-31-26(30)24-22(18-10-6-4-7-11-18)23(25(29)19-12-8-5-9-13-19)21-16-20(17(2)28)14-15-27(21)24/h4-16H,3H2,1-2H3. The summed E-state index contributed by atoms with van der Waals surface area (Å²) in [4.78, 5) is 38.8. The summed E-state index contributed by atoms with van der Waals surface area (Å²) in [6.07, 6.45) is 1.65. The summed E-state index contributed by atoms with van der Waals surface area (Å²) in [5.74, 6) is -0.881. The van der Waals surface area contributed by atoms with Gasteiger partial charge in [-0.25, -0.2) is 4.79 Å². The van der Waals surface area contributed by atoms with Gasteiger partial charge in [0.05, 0.1) is 17.7 Å². The third-order valence-electron chi connectivity index (χ3n) is 5.14. The fourth-order valence-electron chi connectivity index (χ4n) is 3.72. The molecular weight excluding hydrogens is 390 g/mol. The molecule has 2 aromatic heterocycles. The Labute approximate surface area is 179 Å². The topological polar surface area (TPSA) is 64.9 Å². The predicted molar refractivity (Wildman–Crippen MR) is 119 cm³/mol. The minimum atomic E-state index is -0.529. The van der Waals surface area contributed by atoms with Crippen LogP contribution in [0.2, 0.25) is 0 Å². The van der Waals surface area contributed by atoms with Crippen molar-refractivity contribution in [2.24, 2.45) is 0 Å². The molecule has 5 heteroatoms. The van der Waals surface area contributed by atoms with Gasteiger partial charge in [-0.15, -0.1) is 0 Å². The third-order valence-corrected chi connectivity index (χ3v) is 5.14. The van der Waals surface area contributed by atoms with Gasteiger partial charge in [0.25, 0.3) is 0 Å². The number of fused-ring (bicyclic) bond motifs is 1. The van der Waals surface area contributed by atoms with Crippen LogP contribution in [0.3, 0.4) is 0 Å². The molecule has 2 heterocycles. The number of nitrogens with zero attached hydrogens (tertiary/aromatic N) is 1. The molecule has 0 fully saturated rings. The minimum Gasteiger partial charge on any atom is -0.461 e. The predicted octanol–water partition coefficient (Wildman–Crippen LogP) is 5.22. The van der Waals surface area contributed by atoms with E-state index in [1.807, 2.05) is 36.4 Å². The van der Waals surface area contributed by atoms with Gasteiger partial charge in [-0.1, -0.05) is 60.7 Å². The maximum atomic E-state index is 13.7. The van der Waals surface area contributed by atoms with Crippen molar-refractivity contribution in [3.8, 4) is 11.1 Å². The van der Waals surface area contributed by atoms with Crippen molar-refractivity contribution in [1.82, 2.24) is 4.40 Å². The van der Waals surface area contributed by atoms with Crippen molar-refractivity contribution in [3.05, 3.63) is 101 Å². The molecule has 0 aliphatic heterocycles. The number of ether oxygens (including phenoxy) is 1. The molecule has 154 valence electrons. The Kier molecular flexibility index (Phi) is 5.50.